The molecule has 0 aliphatic carbocycles. The normalized spacial score (nSPS) is 12.3. The minimum absolute atomic E-state index is 0.245. The predicted octanol–water partition coefficient (Wildman–Crippen LogP) is 1.29. The molecule has 3 rings (SSSR count). The molecule has 1 N–H and O–H groups in total. The molecule has 0 fully saturated rings. The Balaban J connectivity index is 1.75. The maximum Gasteiger partial charge on any atom is 0.264 e. The van der Waals surface area contributed by atoms with E-state index in [9.17, 15) is 18.4 Å². The number of benzene rings is 1. The Hall–Kier alpha value is -3.10. The molecule has 130 valence electrons. The van der Waals surface area contributed by atoms with Crippen molar-refractivity contribution < 1.29 is 13.6 Å². The smallest absolute Gasteiger partial charge is 0.264 e. The summed E-state index contributed by atoms with van der Waals surface area (Å²) in [6, 6.07) is 2.86. The van der Waals surface area contributed by atoms with Gasteiger partial charge in [0.2, 0.25) is 5.91 Å². The standard InChI is InChI=1S/C16H15F2N5O2/c1-9(10-3-4-12(17)13(18)5-10)21-14(24)7-23-8-19-15-11(16(23)25)6-20-22(15)2/h3-6,8-9H,7H2,1-2H3,(H,21,24)/t9-/m1/s1. The third kappa shape index (κ3) is 3.25. The van der Waals surface area contributed by atoms with Crippen molar-refractivity contribution in [1.82, 2.24) is 24.6 Å². The van der Waals surface area contributed by atoms with Gasteiger partial charge in [-0.2, -0.15) is 5.10 Å². The number of carbonyl (C=O) groups is 1. The van der Waals surface area contributed by atoms with Gasteiger partial charge in [0.25, 0.3) is 5.56 Å². The Labute approximate surface area is 140 Å². The van der Waals surface area contributed by atoms with Gasteiger partial charge in [-0.1, -0.05) is 6.07 Å². The molecular formula is C16H15F2N5O2. The molecule has 1 aromatic carbocycles. The van der Waals surface area contributed by atoms with Crippen LogP contribution in [0.1, 0.15) is 18.5 Å². The van der Waals surface area contributed by atoms with Gasteiger partial charge in [-0.15, -0.1) is 0 Å². The number of carbonyl (C=O) groups excluding carboxylic acids is 1. The number of nitrogens with one attached hydrogen (secondary N) is 1. The monoisotopic (exact) mass is 347 g/mol. The van der Waals surface area contributed by atoms with E-state index < -0.39 is 23.6 Å². The summed E-state index contributed by atoms with van der Waals surface area (Å²) in [6.07, 6.45) is 2.66. The largest absolute Gasteiger partial charge is 0.348 e. The molecule has 25 heavy (non-hydrogen) atoms. The van der Waals surface area contributed by atoms with E-state index in [1.54, 1.807) is 14.0 Å². The lowest BCUT2D eigenvalue weighted by Crippen LogP contribution is -2.34. The minimum Gasteiger partial charge on any atom is -0.348 e. The number of halogens is 2. The van der Waals surface area contributed by atoms with Crippen molar-refractivity contribution in [2.45, 2.75) is 19.5 Å². The van der Waals surface area contributed by atoms with Crippen LogP contribution in [0.4, 0.5) is 8.78 Å². The first-order chi connectivity index (χ1) is 11.9. The van der Waals surface area contributed by atoms with Crippen LogP contribution in [0, 0.1) is 11.6 Å². The van der Waals surface area contributed by atoms with E-state index in [1.807, 2.05) is 0 Å². The van der Waals surface area contributed by atoms with Gasteiger partial charge in [-0.3, -0.25) is 18.8 Å². The summed E-state index contributed by atoms with van der Waals surface area (Å²) in [6.45, 7) is 1.39. The minimum atomic E-state index is -0.985. The van der Waals surface area contributed by atoms with Gasteiger partial charge in [-0.25, -0.2) is 13.8 Å². The summed E-state index contributed by atoms with van der Waals surface area (Å²) in [5.74, 6) is -2.39. The molecule has 0 spiro atoms. The fourth-order valence-electron chi connectivity index (χ4n) is 2.49. The van der Waals surface area contributed by atoms with Crippen LogP contribution in [0.3, 0.4) is 0 Å². The van der Waals surface area contributed by atoms with E-state index in [0.717, 1.165) is 16.7 Å². The molecule has 0 saturated heterocycles. The zero-order valence-corrected chi connectivity index (χ0v) is 13.5. The quantitative estimate of drug-likeness (QED) is 0.771. The van der Waals surface area contributed by atoms with Gasteiger partial charge in [-0.05, 0) is 24.6 Å². The first kappa shape index (κ1) is 16.7. The number of rotatable bonds is 4. The second kappa shape index (κ2) is 6.42. The van der Waals surface area contributed by atoms with Crippen molar-refractivity contribution in [3.8, 4) is 0 Å². The van der Waals surface area contributed by atoms with Gasteiger partial charge < -0.3 is 5.32 Å². The summed E-state index contributed by atoms with van der Waals surface area (Å²) in [4.78, 5) is 28.6. The summed E-state index contributed by atoms with van der Waals surface area (Å²) in [5, 5.41) is 6.90. The average Bonchev–Trinajstić information content (AvgIpc) is 2.94. The highest BCUT2D eigenvalue weighted by Gasteiger charge is 2.14. The van der Waals surface area contributed by atoms with Crippen LogP contribution >= 0.6 is 0 Å². The Morgan fingerprint density at radius 3 is 2.80 bits per heavy atom. The molecule has 9 heteroatoms. The highest BCUT2D eigenvalue weighted by atomic mass is 19.2. The van der Waals surface area contributed by atoms with Crippen LogP contribution in [0.2, 0.25) is 0 Å². The van der Waals surface area contributed by atoms with Crippen molar-refractivity contribution in [1.29, 1.82) is 0 Å². The van der Waals surface area contributed by atoms with Gasteiger partial charge >= 0.3 is 0 Å². The molecule has 0 radical (unpaired) electrons. The van der Waals surface area contributed by atoms with Crippen molar-refractivity contribution >= 4 is 16.9 Å². The van der Waals surface area contributed by atoms with Crippen LogP contribution in [0.25, 0.3) is 11.0 Å². The number of fused-ring (bicyclic) bond motifs is 1. The van der Waals surface area contributed by atoms with Gasteiger partial charge in [0.05, 0.1) is 12.2 Å². The Morgan fingerprint density at radius 2 is 2.08 bits per heavy atom. The van der Waals surface area contributed by atoms with E-state index in [2.05, 4.69) is 15.4 Å². The fourth-order valence-corrected chi connectivity index (χ4v) is 2.49. The third-order valence-corrected chi connectivity index (χ3v) is 3.85. The summed E-state index contributed by atoms with van der Waals surface area (Å²) in [5.41, 5.74) is 0.464. The van der Waals surface area contributed by atoms with Crippen LogP contribution < -0.4 is 10.9 Å². The molecular weight excluding hydrogens is 332 g/mol. The second-order valence-corrected chi connectivity index (χ2v) is 5.65. The Kier molecular flexibility index (Phi) is 4.30. The molecule has 1 amide bonds. The molecule has 0 bridgehead atoms. The third-order valence-electron chi connectivity index (χ3n) is 3.85. The lowest BCUT2D eigenvalue weighted by molar-refractivity contribution is -0.122. The van der Waals surface area contributed by atoms with E-state index in [4.69, 9.17) is 0 Å². The highest BCUT2D eigenvalue weighted by molar-refractivity contribution is 5.77. The van der Waals surface area contributed by atoms with Crippen molar-refractivity contribution in [3.63, 3.8) is 0 Å². The average molecular weight is 347 g/mol. The first-order valence-electron chi connectivity index (χ1n) is 7.48. The molecule has 0 aliphatic rings. The van der Waals surface area contributed by atoms with Crippen LogP contribution in [0.15, 0.2) is 35.5 Å². The topological polar surface area (TPSA) is 81.8 Å². The SMILES string of the molecule is C[C@@H](NC(=O)Cn1cnc2c(cnn2C)c1=O)c1ccc(F)c(F)c1. The number of aromatic nitrogens is 4. The second-order valence-electron chi connectivity index (χ2n) is 5.65. The van der Waals surface area contributed by atoms with E-state index in [-0.39, 0.29) is 12.1 Å². The summed E-state index contributed by atoms with van der Waals surface area (Å²) < 4.78 is 28.9. The van der Waals surface area contributed by atoms with Crippen molar-refractivity contribution in [2.75, 3.05) is 0 Å². The van der Waals surface area contributed by atoms with Crippen molar-refractivity contribution in [2.24, 2.45) is 7.05 Å². The maximum atomic E-state index is 13.3. The number of hydrogen-bond donors (Lipinski definition) is 1. The molecule has 2 heterocycles. The number of hydrogen-bond acceptors (Lipinski definition) is 4. The molecule has 7 nitrogen and oxygen atoms in total. The molecule has 2 aromatic heterocycles. The van der Waals surface area contributed by atoms with E-state index >= 15 is 0 Å². The highest BCUT2D eigenvalue weighted by Crippen LogP contribution is 2.15. The number of nitrogens with zero attached hydrogens (tertiary/aromatic N) is 4. The van der Waals surface area contributed by atoms with Gasteiger partial charge in [0, 0.05) is 7.05 Å². The van der Waals surface area contributed by atoms with Crippen molar-refractivity contribution in [3.05, 3.63) is 58.3 Å². The Bertz CT molecular complexity index is 1010. The zero-order valence-electron chi connectivity index (χ0n) is 13.5. The summed E-state index contributed by atoms with van der Waals surface area (Å²) in [7, 11) is 1.66. The lowest BCUT2D eigenvalue weighted by Gasteiger charge is -2.15. The molecule has 3 aromatic rings. The molecule has 0 saturated carbocycles. The van der Waals surface area contributed by atoms with Crippen LogP contribution in [0.5, 0.6) is 0 Å². The van der Waals surface area contributed by atoms with Crippen LogP contribution in [-0.4, -0.2) is 25.2 Å². The fraction of sp³-hybridized carbons (Fsp3) is 0.250. The van der Waals surface area contributed by atoms with Gasteiger partial charge in [0.1, 0.15) is 18.3 Å². The predicted molar refractivity (Wildman–Crippen MR) is 85.7 cm³/mol. The van der Waals surface area contributed by atoms with E-state index in [0.29, 0.717) is 16.6 Å². The molecule has 0 unspecified atom stereocenters. The molecule has 1 atom stereocenters. The Morgan fingerprint density at radius 1 is 1.32 bits per heavy atom. The van der Waals surface area contributed by atoms with Crippen LogP contribution in [-0.2, 0) is 18.4 Å². The van der Waals surface area contributed by atoms with E-state index in [1.165, 1.54) is 23.3 Å². The molecule has 0 aliphatic heterocycles. The number of aryl methyl sites for hydroxylation is 1. The maximum absolute atomic E-state index is 13.3. The number of amides is 1. The zero-order chi connectivity index (χ0) is 18.1. The van der Waals surface area contributed by atoms with Gasteiger partial charge in [0.15, 0.2) is 17.3 Å². The first-order valence-corrected chi connectivity index (χ1v) is 7.48. The lowest BCUT2D eigenvalue weighted by atomic mass is 10.1. The summed E-state index contributed by atoms with van der Waals surface area (Å²) >= 11 is 0.